The van der Waals surface area contributed by atoms with Crippen LogP contribution in [-0.2, 0) is 27.9 Å². The third kappa shape index (κ3) is 5.37. The minimum Gasteiger partial charge on any atom is -0.467 e. The Labute approximate surface area is 195 Å². The molecule has 0 atom stereocenters. The SMILES string of the molecule is Cc1ccc(S(=O)(=O)N2CCC(C(=O)N(Cc3ccccc3)Cc3ccco3)CC2)cc1C. The first kappa shape index (κ1) is 23.3. The van der Waals surface area contributed by atoms with E-state index in [1.807, 2.05) is 67.3 Å². The Morgan fingerprint density at radius 3 is 2.33 bits per heavy atom. The molecule has 0 N–H and O–H groups in total. The first-order chi connectivity index (χ1) is 15.8. The van der Waals surface area contributed by atoms with Crippen LogP contribution in [0.1, 0.15) is 35.3 Å². The molecule has 0 spiro atoms. The van der Waals surface area contributed by atoms with E-state index >= 15 is 0 Å². The van der Waals surface area contributed by atoms with Gasteiger partial charge in [-0.1, -0.05) is 36.4 Å². The van der Waals surface area contributed by atoms with Crippen LogP contribution >= 0.6 is 0 Å². The van der Waals surface area contributed by atoms with Gasteiger partial charge in [-0.15, -0.1) is 0 Å². The van der Waals surface area contributed by atoms with Crippen molar-refractivity contribution in [2.75, 3.05) is 13.1 Å². The predicted octanol–water partition coefficient (Wildman–Crippen LogP) is 4.53. The quantitative estimate of drug-likeness (QED) is 0.513. The van der Waals surface area contributed by atoms with Crippen LogP contribution in [0.5, 0.6) is 0 Å². The molecule has 0 radical (unpaired) electrons. The lowest BCUT2D eigenvalue weighted by Gasteiger charge is -2.33. The van der Waals surface area contributed by atoms with E-state index in [2.05, 4.69) is 0 Å². The van der Waals surface area contributed by atoms with Crippen LogP contribution in [0, 0.1) is 19.8 Å². The Morgan fingerprint density at radius 1 is 0.970 bits per heavy atom. The van der Waals surface area contributed by atoms with E-state index in [0.29, 0.717) is 43.9 Å². The Bertz CT molecular complexity index is 1180. The molecule has 1 fully saturated rings. The molecule has 1 aliphatic rings. The molecule has 2 aromatic carbocycles. The number of nitrogens with zero attached hydrogens (tertiary/aromatic N) is 2. The van der Waals surface area contributed by atoms with Crippen molar-refractivity contribution in [3.8, 4) is 0 Å². The van der Waals surface area contributed by atoms with Crippen LogP contribution < -0.4 is 0 Å². The van der Waals surface area contributed by atoms with Gasteiger partial charge in [0.1, 0.15) is 5.76 Å². The lowest BCUT2D eigenvalue weighted by atomic mass is 9.96. The molecule has 0 bridgehead atoms. The van der Waals surface area contributed by atoms with E-state index < -0.39 is 10.0 Å². The Balaban J connectivity index is 1.45. The second-order valence-electron chi connectivity index (χ2n) is 8.68. The van der Waals surface area contributed by atoms with E-state index in [9.17, 15) is 13.2 Å². The van der Waals surface area contributed by atoms with Gasteiger partial charge in [-0.25, -0.2) is 8.42 Å². The normalized spacial score (nSPS) is 15.5. The Kier molecular flexibility index (Phi) is 7.00. The van der Waals surface area contributed by atoms with Crippen molar-refractivity contribution in [1.82, 2.24) is 9.21 Å². The summed E-state index contributed by atoms with van der Waals surface area (Å²) in [5, 5.41) is 0. The van der Waals surface area contributed by atoms with Crippen LogP contribution in [0.25, 0.3) is 0 Å². The molecular formula is C26H30N2O4S. The number of carbonyl (C=O) groups excluding carboxylic acids is 1. The van der Waals surface area contributed by atoms with Crippen LogP contribution in [0.4, 0.5) is 0 Å². The topological polar surface area (TPSA) is 70.8 Å². The average molecular weight is 467 g/mol. The molecule has 4 rings (SSSR count). The molecule has 0 aliphatic carbocycles. The lowest BCUT2D eigenvalue weighted by Crippen LogP contribution is -2.44. The first-order valence-electron chi connectivity index (χ1n) is 11.3. The van der Waals surface area contributed by atoms with Gasteiger partial charge < -0.3 is 9.32 Å². The number of furan rings is 1. The smallest absolute Gasteiger partial charge is 0.243 e. The van der Waals surface area contributed by atoms with Crippen LogP contribution in [0.3, 0.4) is 0 Å². The van der Waals surface area contributed by atoms with E-state index in [4.69, 9.17) is 4.42 Å². The monoisotopic (exact) mass is 466 g/mol. The van der Waals surface area contributed by atoms with Gasteiger partial charge in [0.15, 0.2) is 0 Å². The van der Waals surface area contributed by atoms with Gasteiger partial charge in [0, 0.05) is 25.6 Å². The molecule has 7 heteroatoms. The molecule has 1 amide bonds. The van der Waals surface area contributed by atoms with Gasteiger partial charge >= 0.3 is 0 Å². The number of amides is 1. The molecule has 1 saturated heterocycles. The van der Waals surface area contributed by atoms with Crippen molar-refractivity contribution < 1.29 is 17.6 Å². The molecule has 1 aliphatic heterocycles. The number of carbonyl (C=O) groups is 1. The Hall–Kier alpha value is -2.90. The van der Waals surface area contributed by atoms with E-state index in [1.54, 1.807) is 18.4 Å². The van der Waals surface area contributed by atoms with E-state index in [-0.39, 0.29) is 11.8 Å². The summed E-state index contributed by atoms with van der Waals surface area (Å²) in [6.07, 6.45) is 2.62. The average Bonchev–Trinajstić information content (AvgIpc) is 3.34. The minimum absolute atomic E-state index is 0.0403. The maximum Gasteiger partial charge on any atom is 0.243 e. The van der Waals surface area contributed by atoms with Crippen LogP contribution in [-0.4, -0.2) is 36.6 Å². The molecule has 33 heavy (non-hydrogen) atoms. The fourth-order valence-corrected chi connectivity index (χ4v) is 5.79. The maximum absolute atomic E-state index is 13.5. The third-order valence-corrected chi connectivity index (χ3v) is 8.27. The molecule has 174 valence electrons. The molecule has 0 unspecified atom stereocenters. The fourth-order valence-electron chi connectivity index (χ4n) is 4.23. The van der Waals surface area contributed by atoms with Gasteiger partial charge in [0.05, 0.1) is 17.7 Å². The van der Waals surface area contributed by atoms with Gasteiger partial charge in [0.25, 0.3) is 0 Å². The molecular weight excluding hydrogens is 436 g/mol. The summed E-state index contributed by atoms with van der Waals surface area (Å²) < 4.78 is 33.3. The van der Waals surface area contributed by atoms with Crippen molar-refractivity contribution in [3.05, 3.63) is 89.4 Å². The summed E-state index contributed by atoms with van der Waals surface area (Å²) in [4.78, 5) is 15.6. The number of hydrogen-bond acceptors (Lipinski definition) is 4. The highest BCUT2D eigenvalue weighted by molar-refractivity contribution is 7.89. The van der Waals surface area contributed by atoms with Crippen molar-refractivity contribution in [1.29, 1.82) is 0 Å². The standard InChI is InChI=1S/C26H30N2O4S/c1-20-10-11-25(17-21(20)2)33(30,31)28-14-12-23(13-15-28)26(29)27(19-24-9-6-16-32-24)18-22-7-4-3-5-8-22/h3-11,16-17,23H,12-15,18-19H2,1-2H3. The fraction of sp³-hybridized carbons (Fsp3) is 0.346. The predicted molar refractivity (Wildman–Crippen MR) is 127 cm³/mol. The molecule has 0 saturated carbocycles. The largest absolute Gasteiger partial charge is 0.467 e. The zero-order chi connectivity index (χ0) is 23.4. The number of rotatable bonds is 7. The van der Waals surface area contributed by atoms with Crippen molar-refractivity contribution in [2.45, 2.75) is 44.7 Å². The Morgan fingerprint density at radius 2 is 1.70 bits per heavy atom. The van der Waals surface area contributed by atoms with Gasteiger partial charge in [-0.2, -0.15) is 4.31 Å². The van der Waals surface area contributed by atoms with Gasteiger partial charge in [0.2, 0.25) is 15.9 Å². The highest BCUT2D eigenvalue weighted by Gasteiger charge is 2.34. The number of sulfonamides is 1. The van der Waals surface area contributed by atoms with Gasteiger partial charge in [-0.3, -0.25) is 4.79 Å². The van der Waals surface area contributed by atoms with Gasteiger partial charge in [-0.05, 0) is 67.6 Å². The summed E-state index contributed by atoms with van der Waals surface area (Å²) in [6.45, 7) is 5.44. The zero-order valence-electron chi connectivity index (χ0n) is 19.1. The molecule has 6 nitrogen and oxygen atoms in total. The van der Waals surface area contributed by atoms with E-state index in [0.717, 1.165) is 22.5 Å². The van der Waals surface area contributed by atoms with E-state index in [1.165, 1.54) is 4.31 Å². The number of piperidine rings is 1. The van der Waals surface area contributed by atoms with Crippen molar-refractivity contribution in [3.63, 3.8) is 0 Å². The zero-order valence-corrected chi connectivity index (χ0v) is 19.9. The second-order valence-corrected chi connectivity index (χ2v) is 10.6. The molecule has 1 aromatic heterocycles. The summed E-state index contributed by atoms with van der Waals surface area (Å²) >= 11 is 0. The number of hydrogen-bond donors (Lipinski definition) is 0. The van der Waals surface area contributed by atoms with Crippen LogP contribution in [0.2, 0.25) is 0 Å². The van der Waals surface area contributed by atoms with Crippen molar-refractivity contribution >= 4 is 15.9 Å². The number of benzene rings is 2. The lowest BCUT2D eigenvalue weighted by molar-refractivity contribution is -0.138. The van der Waals surface area contributed by atoms with Crippen LogP contribution in [0.15, 0.2) is 76.2 Å². The molecule has 3 aromatic rings. The number of aryl methyl sites for hydroxylation is 2. The summed E-state index contributed by atoms with van der Waals surface area (Å²) in [7, 11) is -3.57. The third-order valence-electron chi connectivity index (χ3n) is 6.37. The summed E-state index contributed by atoms with van der Waals surface area (Å²) in [5.41, 5.74) is 3.07. The highest BCUT2D eigenvalue weighted by atomic mass is 32.2. The highest BCUT2D eigenvalue weighted by Crippen LogP contribution is 2.27. The summed E-state index contributed by atoms with van der Waals surface area (Å²) in [5.74, 6) is 0.558. The molecule has 2 heterocycles. The minimum atomic E-state index is -3.57. The summed E-state index contributed by atoms with van der Waals surface area (Å²) in [6, 6.07) is 18.8. The first-order valence-corrected chi connectivity index (χ1v) is 12.7. The second kappa shape index (κ2) is 9.93. The maximum atomic E-state index is 13.5. The van der Waals surface area contributed by atoms with Crippen molar-refractivity contribution in [2.24, 2.45) is 5.92 Å².